The minimum Gasteiger partial charge on any atom is -0.387 e. The van der Waals surface area contributed by atoms with Crippen molar-refractivity contribution in [3.05, 3.63) is 86.4 Å². The van der Waals surface area contributed by atoms with Crippen molar-refractivity contribution in [2.45, 2.75) is 31.1 Å². The molecule has 0 amide bonds. The van der Waals surface area contributed by atoms with Gasteiger partial charge in [-0.05, 0) is 11.6 Å². The van der Waals surface area contributed by atoms with Crippen LogP contribution in [0.15, 0.2) is 64.4 Å². The Morgan fingerprint density at radius 2 is 1.82 bits per heavy atom. The van der Waals surface area contributed by atoms with Crippen molar-refractivity contribution in [3.8, 4) is 11.1 Å². The fourth-order valence-electron chi connectivity index (χ4n) is 3.70. The van der Waals surface area contributed by atoms with Gasteiger partial charge in [0.25, 0.3) is 5.56 Å². The fraction of sp³-hybridized carbons (Fsp3) is 0.286. The van der Waals surface area contributed by atoms with Crippen LogP contribution in [0.5, 0.6) is 0 Å². The molecule has 4 rings (SSSR count). The Bertz CT molecular complexity index is 1270. The SMILES string of the molecule is O=c1ccn(C2OC(COP(O)O)C(O)C2O)c(=O)n1Cc1nccc(-c2ccccc2)c1Cl. The van der Waals surface area contributed by atoms with Crippen molar-refractivity contribution in [3.63, 3.8) is 0 Å². The quantitative estimate of drug-likeness (QED) is 0.335. The van der Waals surface area contributed by atoms with Gasteiger partial charge in [-0.1, -0.05) is 41.9 Å². The van der Waals surface area contributed by atoms with Gasteiger partial charge in [-0.3, -0.25) is 18.9 Å². The third kappa shape index (κ3) is 4.97. The number of nitrogens with zero attached hydrogens (tertiary/aromatic N) is 3. The number of aliphatic hydroxyl groups excluding tert-OH is 2. The third-order valence-electron chi connectivity index (χ3n) is 5.42. The maximum absolute atomic E-state index is 13.1. The normalized spacial score (nSPS) is 22.4. The van der Waals surface area contributed by atoms with Crippen LogP contribution in [-0.2, 0) is 15.8 Å². The number of hydrogen-bond acceptors (Lipinski definition) is 9. The molecule has 4 unspecified atom stereocenters. The van der Waals surface area contributed by atoms with Gasteiger partial charge in [0.2, 0.25) is 0 Å². The summed E-state index contributed by atoms with van der Waals surface area (Å²) in [5.74, 6) is 0. The highest BCUT2D eigenvalue weighted by atomic mass is 35.5. The topological polar surface area (TPSA) is 156 Å². The fourth-order valence-corrected chi connectivity index (χ4v) is 4.26. The third-order valence-corrected chi connectivity index (χ3v) is 6.22. The second-order valence-electron chi connectivity index (χ2n) is 7.51. The number of aliphatic hydroxyl groups is 2. The van der Waals surface area contributed by atoms with Crippen LogP contribution in [0.4, 0.5) is 0 Å². The summed E-state index contributed by atoms with van der Waals surface area (Å²) >= 11 is 6.55. The molecule has 2 aromatic heterocycles. The van der Waals surface area contributed by atoms with Gasteiger partial charge in [0.05, 0.1) is 23.9 Å². The van der Waals surface area contributed by atoms with Gasteiger partial charge in [0.1, 0.15) is 18.3 Å². The predicted molar refractivity (Wildman–Crippen MR) is 122 cm³/mol. The van der Waals surface area contributed by atoms with Crippen molar-refractivity contribution in [1.82, 2.24) is 14.1 Å². The first-order valence-electron chi connectivity index (χ1n) is 10.1. The van der Waals surface area contributed by atoms with Gasteiger partial charge in [0, 0.05) is 24.0 Å². The van der Waals surface area contributed by atoms with Gasteiger partial charge >= 0.3 is 14.3 Å². The first-order valence-corrected chi connectivity index (χ1v) is 11.7. The van der Waals surface area contributed by atoms with E-state index in [4.69, 9.17) is 26.1 Å². The molecule has 34 heavy (non-hydrogen) atoms. The lowest BCUT2D eigenvalue weighted by atomic mass is 10.1. The molecule has 0 bridgehead atoms. The number of rotatable bonds is 7. The highest BCUT2D eigenvalue weighted by Gasteiger charge is 2.44. The molecule has 0 aliphatic carbocycles. The zero-order valence-corrected chi connectivity index (χ0v) is 19.2. The molecule has 13 heteroatoms. The van der Waals surface area contributed by atoms with Crippen molar-refractivity contribution < 1.29 is 29.3 Å². The Morgan fingerprint density at radius 1 is 1.09 bits per heavy atom. The van der Waals surface area contributed by atoms with Gasteiger partial charge in [-0.25, -0.2) is 4.79 Å². The number of benzene rings is 1. The van der Waals surface area contributed by atoms with E-state index in [9.17, 15) is 19.8 Å². The van der Waals surface area contributed by atoms with Crippen LogP contribution in [0.1, 0.15) is 11.9 Å². The summed E-state index contributed by atoms with van der Waals surface area (Å²) < 4.78 is 12.0. The molecular formula is C21H21ClN3O8P. The van der Waals surface area contributed by atoms with Crippen LogP contribution in [0, 0.1) is 0 Å². The van der Waals surface area contributed by atoms with Crippen LogP contribution >= 0.6 is 20.2 Å². The molecule has 11 nitrogen and oxygen atoms in total. The van der Waals surface area contributed by atoms with Crippen LogP contribution in [0.3, 0.4) is 0 Å². The molecule has 3 aromatic rings. The molecule has 4 atom stereocenters. The van der Waals surface area contributed by atoms with E-state index in [-0.39, 0.29) is 11.6 Å². The molecule has 1 aliphatic heterocycles. The molecule has 4 N–H and O–H groups in total. The molecule has 1 saturated heterocycles. The highest BCUT2D eigenvalue weighted by molar-refractivity contribution is 7.39. The molecule has 0 saturated carbocycles. The van der Waals surface area contributed by atoms with E-state index in [0.717, 1.165) is 27.0 Å². The van der Waals surface area contributed by atoms with Crippen molar-refractivity contribution >= 4 is 20.2 Å². The van der Waals surface area contributed by atoms with Gasteiger partial charge in [-0.15, -0.1) is 0 Å². The Labute approximate surface area is 199 Å². The van der Waals surface area contributed by atoms with Gasteiger partial charge < -0.3 is 29.3 Å². The van der Waals surface area contributed by atoms with Crippen molar-refractivity contribution in [1.29, 1.82) is 0 Å². The van der Waals surface area contributed by atoms with Crippen molar-refractivity contribution in [2.75, 3.05) is 6.61 Å². The maximum Gasteiger partial charge on any atom is 0.333 e. The average molecular weight is 510 g/mol. The van der Waals surface area contributed by atoms with Crippen LogP contribution in [0.25, 0.3) is 11.1 Å². The molecule has 180 valence electrons. The molecule has 0 spiro atoms. The summed E-state index contributed by atoms with van der Waals surface area (Å²) in [7, 11) is -2.69. The molecular weight excluding hydrogens is 489 g/mol. The molecule has 1 aromatic carbocycles. The second-order valence-corrected chi connectivity index (χ2v) is 8.65. The largest absolute Gasteiger partial charge is 0.387 e. The van der Waals surface area contributed by atoms with E-state index in [1.807, 2.05) is 30.3 Å². The van der Waals surface area contributed by atoms with Crippen LogP contribution < -0.4 is 11.2 Å². The summed E-state index contributed by atoms with van der Waals surface area (Å²) in [6.07, 6.45) is -2.81. The highest BCUT2D eigenvalue weighted by Crippen LogP contribution is 2.32. The maximum atomic E-state index is 13.1. The number of hydrogen-bond donors (Lipinski definition) is 4. The molecule has 0 radical (unpaired) electrons. The van der Waals surface area contributed by atoms with Crippen molar-refractivity contribution in [2.24, 2.45) is 0 Å². The van der Waals surface area contributed by atoms with Crippen LogP contribution in [0.2, 0.25) is 5.02 Å². The Hall–Kier alpha value is -2.47. The lowest BCUT2D eigenvalue weighted by Gasteiger charge is -2.19. The average Bonchev–Trinajstić information content (AvgIpc) is 3.10. The molecule has 3 heterocycles. The monoisotopic (exact) mass is 509 g/mol. The Balaban J connectivity index is 1.65. The van der Waals surface area contributed by atoms with Gasteiger partial charge in [0.15, 0.2) is 6.23 Å². The summed E-state index contributed by atoms with van der Waals surface area (Å²) in [6.45, 7) is -0.664. The van der Waals surface area contributed by atoms with Crippen LogP contribution in [-0.4, -0.2) is 59.0 Å². The minimum atomic E-state index is -2.69. The zero-order chi connectivity index (χ0) is 24.4. The molecule has 1 aliphatic rings. The van der Waals surface area contributed by atoms with E-state index in [1.54, 1.807) is 6.07 Å². The number of aromatic nitrogens is 3. The summed E-state index contributed by atoms with van der Waals surface area (Å²) in [5.41, 5.74) is 0.375. The smallest absolute Gasteiger partial charge is 0.333 e. The summed E-state index contributed by atoms with van der Waals surface area (Å²) in [5, 5.41) is 20.9. The Morgan fingerprint density at radius 3 is 2.53 bits per heavy atom. The first kappa shape index (κ1) is 24.6. The number of pyridine rings is 1. The summed E-state index contributed by atoms with van der Waals surface area (Å²) in [6, 6.07) is 12.2. The number of ether oxygens (including phenoxy) is 1. The predicted octanol–water partition coefficient (Wildman–Crippen LogP) is 0.621. The van der Waals surface area contributed by atoms with E-state index in [2.05, 4.69) is 9.51 Å². The first-order chi connectivity index (χ1) is 16.3. The van der Waals surface area contributed by atoms with Gasteiger partial charge in [-0.2, -0.15) is 0 Å². The molecule has 1 fully saturated rings. The van der Waals surface area contributed by atoms with E-state index in [1.165, 1.54) is 6.20 Å². The zero-order valence-electron chi connectivity index (χ0n) is 17.5. The Kier molecular flexibility index (Phi) is 7.56. The standard InChI is InChI=1S/C21H21ClN3O8P/c22-17-13(12-4-2-1-3-5-12)6-8-23-14(17)10-25-16(26)7-9-24(21(25)29)20-19(28)18(27)15(33-20)11-32-34(30)31/h1-9,15,18-20,27-28,30-31H,10-11H2. The minimum absolute atomic E-state index is 0.241. The lowest BCUT2D eigenvalue weighted by molar-refractivity contribution is -0.0531. The number of halogens is 1. The second kappa shape index (κ2) is 10.4. The van der Waals surface area contributed by atoms with E-state index in [0.29, 0.717) is 11.3 Å². The van der Waals surface area contributed by atoms with E-state index >= 15 is 0 Å². The summed E-state index contributed by atoms with van der Waals surface area (Å²) in [4.78, 5) is 47.7. The lowest BCUT2D eigenvalue weighted by Crippen LogP contribution is -2.43. The van der Waals surface area contributed by atoms with E-state index < -0.39 is 51.0 Å².